The summed E-state index contributed by atoms with van der Waals surface area (Å²) in [5.74, 6) is -3.38. The van der Waals surface area contributed by atoms with Crippen molar-refractivity contribution in [3.05, 3.63) is 66.0 Å². The summed E-state index contributed by atoms with van der Waals surface area (Å²) in [4.78, 5) is 68.6. The highest BCUT2D eigenvalue weighted by molar-refractivity contribution is 6.38. The minimum absolute atomic E-state index is 0.0316. The van der Waals surface area contributed by atoms with Gasteiger partial charge in [0.05, 0.1) is 6.04 Å². The number of aromatic nitrogens is 1. The van der Waals surface area contributed by atoms with E-state index in [9.17, 15) is 24.0 Å². The highest BCUT2D eigenvalue weighted by Gasteiger charge is 2.33. The number of ketones is 1. The zero-order chi connectivity index (χ0) is 29.1. The maximum absolute atomic E-state index is 13.3. The summed E-state index contributed by atoms with van der Waals surface area (Å²) >= 11 is 0. The number of amides is 4. The van der Waals surface area contributed by atoms with Crippen molar-refractivity contribution in [3.63, 3.8) is 0 Å². The van der Waals surface area contributed by atoms with Crippen LogP contribution in [-0.4, -0.2) is 58.6 Å². The topological polar surface area (TPSA) is 146 Å². The molecule has 3 unspecified atom stereocenters. The van der Waals surface area contributed by atoms with Crippen LogP contribution in [0.2, 0.25) is 0 Å². The Morgan fingerprint density at radius 3 is 2.10 bits per heavy atom. The van der Waals surface area contributed by atoms with Crippen molar-refractivity contribution < 1.29 is 24.0 Å². The molecule has 1 saturated carbocycles. The van der Waals surface area contributed by atoms with Crippen LogP contribution in [0.25, 0.3) is 0 Å². The lowest BCUT2D eigenvalue weighted by molar-refractivity contribution is -0.141. The lowest BCUT2D eigenvalue weighted by Gasteiger charge is -2.26. The molecule has 1 aliphatic rings. The van der Waals surface area contributed by atoms with E-state index in [2.05, 4.69) is 26.3 Å². The molecule has 10 nitrogen and oxygen atoms in total. The number of nitrogens with one attached hydrogen (secondary N) is 4. The van der Waals surface area contributed by atoms with E-state index in [0.717, 1.165) is 37.7 Å². The molecule has 1 heterocycles. The number of pyridine rings is 1. The molecular weight excluding hydrogens is 510 g/mol. The molecule has 1 fully saturated rings. The predicted molar refractivity (Wildman–Crippen MR) is 150 cm³/mol. The maximum atomic E-state index is 13.3. The molecule has 0 saturated heterocycles. The number of hydrogen-bond acceptors (Lipinski definition) is 6. The van der Waals surface area contributed by atoms with Crippen LogP contribution in [0, 0.1) is 5.92 Å². The van der Waals surface area contributed by atoms with Gasteiger partial charge in [-0.2, -0.15) is 0 Å². The van der Waals surface area contributed by atoms with Crippen LogP contribution in [0.15, 0.2) is 54.9 Å². The molecule has 0 aliphatic heterocycles. The SMILES string of the molecule is CC(NC(=O)C(Cc1ccccc1)NC(=O)c1ccncc1)C(=O)NC(C(=O)C(=O)NC1CCCCC1)C(C)C. The molecule has 3 atom stereocenters. The van der Waals surface area contributed by atoms with Gasteiger partial charge in [-0.3, -0.25) is 29.0 Å². The fourth-order valence-corrected chi connectivity index (χ4v) is 4.64. The molecule has 1 aliphatic carbocycles. The zero-order valence-electron chi connectivity index (χ0n) is 23.3. The first-order chi connectivity index (χ1) is 19.2. The van der Waals surface area contributed by atoms with Gasteiger partial charge in [-0.1, -0.05) is 63.4 Å². The van der Waals surface area contributed by atoms with Crippen molar-refractivity contribution in [2.45, 2.75) is 83.5 Å². The molecule has 3 rings (SSSR count). The third-order valence-electron chi connectivity index (χ3n) is 7.01. The molecule has 1 aromatic heterocycles. The average Bonchev–Trinajstić information content (AvgIpc) is 2.96. The smallest absolute Gasteiger partial charge is 0.289 e. The number of rotatable bonds is 12. The van der Waals surface area contributed by atoms with E-state index < -0.39 is 47.5 Å². The minimum Gasteiger partial charge on any atom is -0.347 e. The van der Waals surface area contributed by atoms with Crippen LogP contribution >= 0.6 is 0 Å². The van der Waals surface area contributed by atoms with Crippen molar-refractivity contribution in [1.82, 2.24) is 26.3 Å². The lowest BCUT2D eigenvalue weighted by Crippen LogP contribution is -2.57. The quantitative estimate of drug-likeness (QED) is 0.298. The molecule has 0 spiro atoms. The second kappa shape index (κ2) is 14.9. The standard InChI is InChI=1S/C30H39N5O5/c1-19(2)25(26(36)30(40)33-23-12-8-5-9-13-23)35-27(37)20(3)32-29(39)24(18-21-10-6-4-7-11-21)34-28(38)22-14-16-31-17-15-22/h4,6-7,10-11,14-17,19-20,23-25H,5,8-9,12-13,18H2,1-3H3,(H,32,39)(H,33,40)(H,34,38)(H,35,37). The highest BCUT2D eigenvalue weighted by atomic mass is 16.2. The van der Waals surface area contributed by atoms with Crippen LogP contribution in [0.3, 0.4) is 0 Å². The van der Waals surface area contributed by atoms with E-state index in [1.54, 1.807) is 13.8 Å². The van der Waals surface area contributed by atoms with Gasteiger partial charge in [0.2, 0.25) is 17.6 Å². The van der Waals surface area contributed by atoms with Gasteiger partial charge in [0.15, 0.2) is 0 Å². The van der Waals surface area contributed by atoms with Gasteiger partial charge in [0.1, 0.15) is 12.1 Å². The monoisotopic (exact) mass is 549 g/mol. The van der Waals surface area contributed by atoms with Crippen LogP contribution < -0.4 is 21.3 Å². The molecule has 40 heavy (non-hydrogen) atoms. The van der Waals surface area contributed by atoms with Gasteiger partial charge < -0.3 is 21.3 Å². The van der Waals surface area contributed by atoms with E-state index in [0.29, 0.717) is 5.56 Å². The largest absolute Gasteiger partial charge is 0.347 e. The summed E-state index contributed by atoms with van der Waals surface area (Å²) in [7, 11) is 0. The van der Waals surface area contributed by atoms with E-state index in [1.165, 1.54) is 31.5 Å². The number of benzene rings is 1. The summed E-state index contributed by atoms with van der Waals surface area (Å²) in [6.07, 6.45) is 7.97. The van der Waals surface area contributed by atoms with Crippen molar-refractivity contribution in [1.29, 1.82) is 0 Å². The van der Waals surface area contributed by atoms with E-state index in [-0.39, 0.29) is 18.4 Å². The first-order valence-electron chi connectivity index (χ1n) is 13.9. The molecule has 10 heteroatoms. The Balaban J connectivity index is 1.64. The van der Waals surface area contributed by atoms with Crippen LogP contribution in [0.5, 0.6) is 0 Å². The van der Waals surface area contributed by atoms with Gasteiger partial charge in [-0.15, -0.1) is 0 Å². The van der Waals surface area contributed by atoms with Gasteiger partial charge in [-0.05, 0) is 43.4 Å². The molecular formula is C30H39N5O5. The average molecular weight is 550 g/mol. The molecule has 4 N–H and O–H groups in total. The van der Waals surface area contributed by atoms with E-state index in [1.807, 2.05) is 30.3 Å². The Bertz CT molecular complexity index is 1170. The molecule has 0 radical (unpaired) electrons. The molecule has 2 aromatic rings. The van der Waals surface area contributed by atoms with Crippen LogP contribution in [0.4, 0.5) is 0 Å². The summed E-state index contributed by atoms with van der Waals surface area (Å²) in [6, 6.07) is 9.20. The Labute approximate surface area is 235 Å². The number of nitrogens with zero attached hydrogens (tertiary/aromatic N) is 1. The number of Topliss-reactive ketones (excluding diaryl/α,β-unsaturated/α-hetero) is 1. The summed E-state index contributed by atoms with van der Waals surface area (Å²) in [5, 5.41) is 10.8. The van der Waals surface area contributed by atoms with Crippen molar-refractivity contribution in [2.24, 2.45) is 5.92 Å². The number of carbonyl (C=O) groups excluding carboxylic acids is 5. The molecule has 214 valence electrons. The molecule has 4 amide bonds. The third kappa shape index (κ3) is 9.00. The Kier molecular flexibility index (Phi) is 11.4. The Morgan fingerprint density at radius 2 is 1.48 bits per heavy atom. The predicted octanol–water partition coefficient (Wildman–Crippen LogP) is 2.09. The second-order valence-corrected chi connectivity index (χ2v) is 10.6. The lowest BCUT2D eigenvalue weighted by atomic mass is 9.94. The molecule has 0 bridgehead atoms. The van der Waals surface area contributed by atoms with E-state index in [4.69, 9.17) is 0 Å². The normalized spacial score (nSPS) is 15.8. The number of hydrogen-bond donors (Lipinski definition) is 4. The molecule has 1 aromatic carbocycles. The van der Waals surface area contributed by atoms with Crippen molar-refractivity contribution in [2.75, 3.05) is 0 Å². The minimum atomic E-state index is -1.04. The van der Waals surface area contributed by atoms with E-state index >= 15 is 0 Å². The van der Waals surface area contributed by atoms with Gasteiger partial charge >= 0.3 is 0 Å². The van der Waals surface area contributed by atoms with Crippen LogP contribution in [0.1, 0.15) is 68.8 Å². The first-order valence-corrected chi connectivity index (χ1v) is 13.9. The third-order valence-corrected chi connectivity index (χ3v) is 7.01. The van der Waals surface area contributed by atoms with Gasteiger partial charge in [0.25, 0.3) is 11.8 Å². The second-order valence-electron chi connectivity index (χ2n) is 10.6. The number of carbonyl (C=O) groups is 5. The fourth-order valence-electron chi connectivity index (χ4n) is 4.64. The summed E-state index contributed by atoms with van der Waals surface area (Å²) in [5.41, 5.74) is 1.17. The Hall–Kier alpha value is -4.08. The van der Waals surface area contributed by atoms with Crippen molar-refractivity contribution >= 4 is 29.4 Å². The summed E-state index contributed by atoms with van der Waals surface area (Å²) < 4.78 is 0. The highest BCUT2D eigenvalue weighted by Crippen LogP contribution is 2.17. The summed E-state index contributed by atoms with van der Waals surface area (Å²) in [6.45, 7) is 4.97. The zero-order valence-corrected chi connectivity index (χ0v) is 23.3. The van der Waals surface area contributed by atoms with Gasteiger partial charge in [0, 0.05) is 30.4 Å². The van der Waals surface area contributed by atoms with Gasteiger partial charge in [-0.25, -0.2) is 0 Å². The fraction of sp³-hybridized carbons (Fsp3) is 0.467. The Morgan fingerprint density at radius 1 is 0.825 bits per heavy atom. The first kappa shape index (κ1) is 30.5. The maximum Gasteiger partial charge on any atom is 0.289 e. The van der Waals surface area contributed by atoms with Crippen LogP contribution in [-0.2, 0) is 25.6 Å². The van der Waals surface area contributed by atoms with Crippen molar-refractivity contribution in [3.8, 4) is 0 Å².